The Hall–Kier alpha value is -1.28. The molecule has 0 aliphatic carbocycles. The molecule has 0 bridgehead atoms. The Morgan fingerprint density at radius 2 is 2.17 bits per heavy atom. The van der Waals surface area contributed by atoms with Gasteiger partial charge in [0.05, 0.1) is 5.69 Å². The van der Waals surface area contributed by atoms with E-state index in [4.69, 9.17) is 0 Å². The van der Waals surface area contributed by atoms with Crippen molar-refractivity contribution in [3.63, 3.8) is 0 Å². The van der Waals surface area contributed by atoms with E-state index in [1.807, 2.05) is 6.20 Å². The van der Waals surface area contributed by atoms with Gasteiger partial charge in [0.15, 0.2) is 0 Å². The van der Waals surface area contributed by atoms with Gasteiger partial charge < -0.3 is 0 Å². The molecule has 0 N–H and O–H groups in total. The van der Waals surface area contributed by atoms with Crippen molar-refractivity contribution in [2.75, 3.05) is 12.1 Å². The molecule has 12 heavy (non-hydrogen) atoms. The zero-order valence-corrected chi connectivity index (χ0v) is 7.20. The van der Waals surface area contributed by atoms with E-state index in [1.165, 1.54) is 11.3 Å². The maximum absolute atomic E-state index is 3.78. The minimum atomic E-state index is 0.974. The summed E-state index contributed by atoms with van der Waals surface area (Å²) in [6.07, 6.45) is 1.84. The van der Waals surface area contributed by atoms with E-state index >= 15 is 0 Å². The van der Waals surface area contributed by atoms with Crippen LogP contribution in [0.3, 0.4) is 0 Å². The third-order valence-electron chi connectivity index (χ3n) is 2.18. The molecule has 0 amide bonds. The Labute approximate surface area is 72.7 Å². The summed E-state index contributed by atoms with van der Waals surface area (Å²) in [4.78, 5) is 0. The van der Waals surface area contributed by atoms with Crippen molar-refractivity contribution >= 4 is 5.69 Å². The van der Waals surface area contributed by atoms with Gasteiger partial charge in [0.25, 0.3) is 0 Å². The van der Waals surface area contributed by atoms with E-state index in [0.717, 1.165) is 6.54 Å². The molecule has 0 unspecified atom stereocenters. The Bertz CT molecular complexity index is 306. The molecule has 0 spiro atoms. The summed E-state index contributed by atoms with van der Waals surface area (Å²) >= 11 is 0. The van der Waals surface area contributed by atoms with E-state index in [1.54, 1.807) is 0 Å². The van der Waals surface area contributed by atoms with Crippen molar-refractivity contribution in [3.8, 4) is 0 Å². The lowest BCUT2D eigenvalue weighted by atomic mass is 10.2. The van der Waals surface area contributed by atoms with E-state index in [-0.39, 0.29) is 0 Å². The maximum atomic E-state index is 3.78. The number of hydrazine groups is 1. The Morgan fingerprint density at radius 1 is 1.42 bits per heavy atom. The monoisotopic (exact) mass is 160 g/mol. The molecule has 1 heterocycles. The topological polar surface area (TPSA) is 6.48 Å². The quantitative estimate of drug-likeness (QED) is 0.620. The molecule has 0 saturated carbocycles. The van der Waals surface area contributed by atoms with Gasteiger partial charge >= 0.3 is 0 Å². The van der Waals surface area contributed by atoms with Crippen molar-refractivity contribution in [2.24, 2.45) is 0 Å². The molecule has 0 atom stereocenters. The van der Waals surface area contributed by atoms with Crippen molar-refractivity contribution in [3.05, 3.63) is 42.6 Å². The van der Waals surface area contributed by atoms with Gasteiger partial charge in [-0.2, -0.15) is 0 Å². The van der Waals surface area contributed by atoms with Crippen molar-refractivity contribution in [2.45, 2.75) is 6.54 Å². The Morgan fingerprint density at radius 3 is 2.92 bits per heavy atom. The Balaban J connectivity index is 2.47. The summed E-state index contributed by atoms with van der Waals surface area (Å²) in [6.45, 7) is 4.75. The SMILES string of the molecule is C=CN1c2ccccc2CN1C. The number of hydrogen-bond donors (Lipinski definition) is 0. The van der Waals surface area contributed by atoms with Crippen LogP contribution >= 0.6 is 0 Å². The summed E-state index contributed by atoms with van der Waals surface area (Å²) in [5.74, 6) is 0. The normalized spacial score (nSPS) is 16.2. The van der Waals surface area contributed by atoms with Gasteiger partial charge in [-0.1, -0.05) is 24.8 Å². The van der Waals surface area contributed by atoms with E-state index in [9.17, 15) is 0 Å². The van der Waals surface area contributed by atoms with Crippen molar-refractivity contribution in [1.82, 2.24) is 5.01 Å². The molecular weight excluding hydrogens is 148 g/mol. The van der Waals surface area contributed by atoms with Crippen LogP contribution in [0.5, 0.6) is 0 Å². The average Bonchev–Trinajstić information content (AvgIpc) is 2.40. The van der Waals surface area contributed by atoms with Gasteiger partial charge in [-0.05, 0) is 11.6 Å². The summed E-state index contributed by atoms with van der Waals surface area (Å²) in [5.41, 5.74) is 2.61. The van der Waals surface area contributed by atoms with E-state index in [2.05, 4.69) is 47.9 Å². The molecule has 2 nitrogen and oxygen atoms in total. The second-order valence-electron chi connectivity index (χ2n) is 2.97. The largest absolute Gasteiger partial charge is 0.282 e. The smallest absolute Gasteiger partial charge is 0.0618 e. The van der Waals surface area contributed by atoms with Gasteiger partial charge in [-0.3, -0.25) is 5.01 Å². The second kappa shape index (κ2) is 2.64. The van der Waals surface area contributed by atoms with Gasteiger partial charge in [0.1, 0.15) is 0 Å². The highest BCUT2D eigenvalue weighted by Crippen LogP contribution is 2.29. The first-order chi connectivity index (χ1) is 5.83. The van der Waals surface area contributed by atoms with Gasteiger partial charge in [-0.25, -0.2) is 5.01 Å². The molecule has 2 heteroatoms. The third-order valence-corrected chi connectivity index (χ3v) is 2.18. The van der Waals surface area contributed by atoms with Crippen LogP contribution < -0.4 is 5.01 Å². The molecule has 1 aromatic carbocycles. The molecule has 2 rings (SSSR count). The van der Waals surface area contributed by atoms with E-state index < -0.39 is 0 Å². The Kier molecular flexibility index (Phi) is 1.62. The first-order valence-electron chi connectivity index (χ1n) is 4.03. The fraction of sp³-hybridized carbons (Fsp3) is 0.200. The molecule has 1 aromatic rings. The van der Waals surface area contributed by atoms with Gasteiger partial charge in [0.2, 0.25) is 0 Å². The first kappa shape index (κ1) is 7.37. The third kappa shape index (κ3) is 0.924. The molecule has 0 aromatic heterocycles. The lowest BCUT2D eigenvalue weighted by molar-refractivity contribution is 0.358. The van der Waals surface area contributed by atoms with E-state index in [0.29, 0.717) is 0 Å². The lowest BCUT2D eigenvalue weighted by Crippen LogP contribution is -2.28. The number of anilines is 1. The number of benzene rings is 1. The molecule has 1 aliphatic rings. The molecular formula is C10H12N2. The van der Waals surface area contributed by atoms with Crippen LogP contribution in [0, 0.1) is 0 Å². The highest BCUT2D eigenvalue weighted by molar-refractivity contribution is 5.57. The minimum Gasteiger partial charge on any atom is -0.282 e. The number of rotatable bonds is 1. The molecule has 0 fully saturated rings. The van der Waals surface area contributed by atoms with Crippen LogP contribution in [0.15, 0.2) is 37.0 Å². The van der Waals surface area contributed by atoms with Crippen LogP contribution in [0.2, 0.25) is 0 Å². The van der Waals surface area contributed by atoms with Crippen LogP contribution in [0.1, 0.15) is 5.56 Å². The summed E-state index contributed by atoms with van der Waals surface area (Å²) in [5, 5.41) is 4.20. The van der Waals surface area contributed by atoms with Crippen molar-refractivity contribution < 1.29 is 0 Å². The molecule has 62 valence electrons. The number of para-hydroxylation sites is 1. The standard InChI is InChI=1S/C10H12N2/c1-3-12-10-7-5-4-6-9(10)8-11(12)2/h3-7H,1,8H2,2H3. The predicted octanol–water partition coefficient (Wildman–Crippen LogP) is 2.00. The zero-order valence-electron chi connectivity index (χ0n) is 7.20. The van der Waals surface area contributed by atoms with Crippen LogP contribution in [0.25, 0.3) is 0 Å². The fourth-order valence-electron chi connectivity index (χ4n) is 1.61. The summed E-state index contributed by atoms with van der Waals surface area (Å²) < 4.78 is 0. The highest BCUT2D eigenvalue weighted by Gasteiger charge is 2.20. The number of nitrogens with zero attached hydrogens (tertiary/aromatic N) is 2. The number of fused-ring (bicyclic) bond motifs is 1. The second-order valence-corrected chi connectivity index (χ2v) is 2.97. The van der Waals surface area contributed by atoms with Gasteiger partial charge in [0, 0.05) is 19.8 Å². The summed E-state index contributed by atoms with van der Waals surface area (Å²) in [6, 6.07) is 8.38. The van der Waals surface area contributed by atoms with Crippen LogP contribution in [-0.2, 0) is 6.54 Å². The fourth-order valence-corrected chi connectivity index (χ4v) is 1.61. The van der Waals surface area contributed by atoms with Crippen LogP contribution in [-0.4, -0.2) is 12.1 Å². The maximum Gasteiger partial charge on any atom is 0.0618 e. The predicted molar refractivity (Wildman–Crippen MR) is 50.6 cm³/mol. The van der Waals surface area contributed by atoms with Crippen LogP contribution in [0.4, 0.5) is 5.69 Å². The molecule has 1 aliphatic heterocycles. The molecule has 0 radical (unpaired) electrons. The number of hydrogen-bond acceptors (Lipinski definition) is 2. The van der Waals surface area contributed by atoms with Crippen molar-refractivity contribution in [1.29, 1.82) is 0 Å². The lowest BCUT2D eigenvalue weighted by Gasteiger charge is -2.21. The summed E-state index contributed by atoms with van der Waals surface area (Å²) in [7, 11) is 2.06. The average molecular weight is 160 g/mol. The van der Waals surface area contributed by atoms with Gasteiger partial charge in [-0.15, -0.1) is 0 Å². The highest BCUT2D eigenvalue weighted by atomic mass is 15.6. The first-order valence-corrected chi connectivity index (χ1v) is 4.03. The minimum absolute atomic E-state index is 0.974. The zero-order chi connectivity index (χ0) is 8.55. The molecule has 0 saturated heterocycles.